The number of hydrogen-bond acceptors (Lipinski definition) is 3. The number of nitrogens with zero attached hydrogens (tertiary/aromatic N) is 1. The normalized spacial score (nSPS) is 9.85. The van der Waals surface area contributed by atoms with E-state index in [-0.39, 0.29) is 5.91 Å². The van der Waals surface area contributed by atoms with E-state index in [1.165, 1.54) is 18.3 Å². The molecule has 1 heterocycles. The van der Waals surface area contributed by atoms with Gasteiger partial charge >= 0.3 is 5.13 Å². The molecule has 0 aliphatic carbocycles. The van der Waals surface area contributed by atoms with Gasteiger partial charge in [0.25, 0.3) is 0 Å². The number of nitrogens with one attached hydrogen (secondary N) is 2. The summed E-state index contributed by atoms with van der Waals surface area (Å²) in [6.07, 6.45) is 0. The second kappa shape index (κ2) is 3.74. The number of carbonyl (C=O) groups excluding carboxylic acids is 1. The van der Waals surface area contributed by atoms with Crippen LogP contribution in [0.1, 0.15) is 12.6 Å². The first kappa shape index (κ1) is 9.98. The Bertz CT molecular complexity index is 332. The Kier molecular flexibility index (Phi) is 2.87. The topological polar surface area (TPSA) is 45.0 Å². The van der Waals surface area contributed by atoms with Crippen LogP contribution in [0.4, 0.5) is 10.1 Å². The minimum atomic E-state index is -0.0346. The van der Waals surface area contributed by atoms with Crippen molar-refractivity contribution in [3.63, 3.8) is 0 Å². The maximum Gasteiger partial charge on any atom is 0.335 e. The van der Waals surface area contributed by atoms with Crippen LogP contribution in [0.25, 0.3) is 0 Å². The maximum atomic E-state index is 10.8. The highest BCUT2D eigenvalue weighted by Crippen LogP contribution is 2.24. The van der Waals surface area contributed by atoms with Crippen LogP contribution in [-0.4, -0.2) is 13.0 Å². The third kappa shape index (κ3) is 1.98. The quantitative estimate of drug-likeness (QED) is 0.696. The third-order valence-electron chi connectivity index (χ3n) is 1.84. The number of rotatable bonds is 2. The standard InChI is InChI=1S/C8H13N3OS/c1-5-7(10-6(2)12)13-8(9-3)11(5)4/h1-4H3,(H,10,12)/p+1. The van der Waals surface area contributed by atoms with Gasteiger partial charge in [0, 0.05) is 13.8 Å². The van der Waals surface area contributed by atoms with Crippen molar-refractivity contribution in [3.8, 4) is 0 Å². The van der Waals surface area contributed by atoms with E-state index in [0.717, 1.165) is 15.8 Å². The zero-order valence-electron chi connectivity index (χ0n) is 8.26. The van der Waals surface area contributed by atoms with Gasteiger partial charge in [0.1, 0.15) is 10.7 Å². The Labute approximate surface area is 81.6 Å². The minimum Gasteiger partial charge on any atom is -0.315 e. The van der Waals surface area contributed by atoms with E-state index in [2.05, 4.69) is 10.6 Å². The molecule has 1 amide bonds. The summed E-state index contributed by atoms with van der Waals surface area (Å²) in [4.78, 5) is 10.8. The van der Waals surface area contributed by atoms with E-state index in [1.807, 2.05) is 25.6 Å². The molecule has 4 nitrogen and oxygen atoms in total. The average Bonchev–Trinajstić information content (AvgIpc) is 2.32. The molecule has 1 aromatic rings. The highest BCUT2D eigenvalue weighted by Gasteiger charge is 2.16. The molecule has 72 valence electrons. The van der Waals surface area contributed by atoms with Gasteiger partial charge < -0.3 is 5.32 Å². The lowest BCUT2D eigenvalue weighted by Crippen LogP contribution is -2.32. The Morgan fingerprint density at radius 1 is 1.54 bits per heavy atom. The number of anilines is 2. The highest BCUT2D eigenvalue weighted by atomic mass is 32.1. The fourth-order valence-electron chi connectivity index (χ4n) is 1.04. The van der Waals surface area contributed by atoms with Crippen molar-refractivity contribution in [2.24, 2.45) is 7.05 Å². The number of carbonyl (C=O) groups is 1. The molecule has 0 unspecified atom stereocenters. The first-order valence-corrected chi connectivity index (χ1v) is 4.82. The number of aromatic nitrogens is 1. The molecule has 1 aromatic heterocycles. The smallest absolute Gasteiger partial charge is 0.315 e. The van der Waals surface area contributed by atoms with Crippen molar-refractivity contribution in [2.75, 3.05) is 17.7 Å². The van der Waals surface area contributed by atoms with Crippen LogP contribution >= 0.6 is 11.3 Å². The Balaban J connectivity index is 3.02. The molecule has 5 heteroatoms. The predicted octanol–water partition coefficient (Wildman–Crippen LogP) is 0.881. The van der Waals surface area contributed by atoms with Crippen LogP contribution in [0, 0.1) is 6.92 Å². The molecule has 0 saturated carbocycles. The molecule has 0 saturated heterocycles. The summed E-state index contributed by atoms with van der Waals surface area (Å²) in [5, 5.41) is 7.78. The van der Waals surface area contributed by atoms with Crippen LogP contribution in [-0.2, 0) is 11.8 Å². The number of amides is 1. The molecular formula is C8H14N3OS+. The maximum absolute atomic E-state index is 10.8. The first-order chi connectivity index (χ1) is 6.06. The van der Waals surface area contributed by atoms with E-state index in [9.17, 15) is 4.79 Å². The van der Waals surface area contributed by atoms with Gasteiger partial charge in [-0.1, -0.05) is 0 Å². The van der Waals surface area contributed by atoms with Crippen molar-refractivity contribution >= 4 is 27.4 Å². The zero-order valence-corrected chi connectivity index (χ0v) is 9.08. The SMILES string of the molecule is CNc1sc(NC(C)=O)c(C)[n+]1C. The molecule has 0 spiro atoms. The van der Waals surface area contributed by atoms with Gasteiger partial charge in [-0.25, -0.2) is 4.57 Å². The molecular weight excluding hydrogens is 186 g/mol. The van der Waals surface area contributed by atoms with E-state index in [1.54, 1.807) is 0 Å². The van der Waals surface area contributed by atoms with Crippen LogP contribution in [0.2, 0.25) is 0 Å². The largest absolute Gasteiger partial charge is 0.335 e. The molecule has 0 aromatic carbocycles. The Morgan fingerprint density at radius 3 is 2.54 bits per heavy atom. The van der Waals surface area contributed by atoms with Crippen LogP contribution in [0.5, 0.6) is 0 Å². The summed E-state index contributed by atoms with van der Waals surface area (Å²) >= 11 is 1.53. The molecule has 0 aliphatic rings. The summed E-state index contributed by atoms with van der Waals surface area (Å²) < 4.78 is 2.01. The van der Waals surface area contributed by atoms with E-state index < -0.39 is 0 Å². The van der Waals surface area contributed by atoms with Crippen molar-refractivity contribution in [2.45, 2.75) is 13.8 Å². The Hall–Kier alpha value is -1.10. The highest BCUT2D eigenvalue weighted by molar-refractivity contribution is 7.19. The van der Waals surface area contributed by atoms with Gasteiger partial charge in [-0.15, -0.1) is 0 Å². The van der Waals surface area contributed by atoms with Gasteiger partial charge in [-0.3, -0.25) is 10.1 Å². The van der Waals surface area contributed by atoms with E-state index >= 15 is 0 Å². The summed E-state index contributed by atoms with van der Waals surface area (Å²) in [6.45, 7) is 3.49. The predicted molar refractivity (Wildman–Crippen MR) is 54.1 cm³/mol. The van der Waals surface area contributed by atoms with Gasteiger partial charge in [-0.2, -0.15) is 0 Å². The first-order valence-electron chi connectivity index (χ1n) is 4.01. The van der Waals surface area contributed by atoms with Crippen molar-refractivity contribution in [3.05, 3.63) is 5.69 Å². The molecule has 0 atom stereocenters. The van der Waals surface area contributed by atoms with Crippen molar-refractivity contribution in [1.82, 2.24) is 0 Å². The molecule has 2 N–H and O–H groups in total. The fraction of sp³-hybridized carbons (Fsp3) is 0.500. The molecule has 0 aliphatic heterocycles. The summed E-state index contributed by atoms with van der Waals surface area (Å²) in [7, 11) is 3.83. The summed E-state index contributed by atoms with van der Waals surface area (Å²) in [5.74, 6) is -0.0346. The third-order valence-corrected chi connectivity index (χ3v) is 3.11. The summed E-state index contributed by atoms with van der Waals surface area (Å²) in [6, 6.07) is 0. The zero-order chi connectivity index (χ0) is 10.0. The molecule has 13 heavy (non-hydrogen) atoms. The molecule has 0 radical (unpaired) electrons. The van der Waals surface area contributed by atoms with Crippen molar-refractivity contribution < 1.29 is 9.36 Å². The van der Waals surface area contributed by atoms with E-state index in [0.29, 0.717) is 0 Å². The molecule has 1 rings (SSSR count). The number of thiazole rings is 1. The van der Waals surface area contributed by atoms with E-state index in [4.69, 9.17) is 0 Å². The fourth-order valence-corrected chi connectivity index (χ4v) is 2.09. The van der Waals surface area contributed by atoms with Crippen LogP contribution < -0.4 is 15.2 Å². The van der Waals surface area contributed by atoms with Gasteiger partial charge in [-0.05, 0) is 11.3 Å². The van der Waals surface area contributed by atoms with Gasteiger partial charge in [0.05, 0.1) is 14.1 Å². The monoisotopic (exact) mass is 200 g/mol. The Morgan fingerprint density at radius 2 is 2.15 bits per heavy atom. The lowest BCUT2D eigenvalue weighted by Gasteiger charge is -1.95. The van der Waals surface area contributed by atoms with Crippen LogP contribution in [0.15, 0.2) is 0 Å². The molecule has 0 bridgehead atoms. The second-order valence-electron chi connectivity index (χ2n) is 2.81. The van der Waals surface area contributed by atoms with Gasteiger partial charge in [0.2, 0.25) is 5.91 Å². The average molecular weight is 200 g/mol. The lowest BCUT2D eigenvalue weighted by atomic mass is 10.5. The number of hydrogen-bond donors (Lipinski definition) is 2. The lowest BCUT2D eigenvalue weighted by molar-refractivity contribution is -0.658. The van der Waals surface area contributed by atoms with Crippen molar-refractivity contribution in [1.29, 1.82) is 0 Å². The summed E-state index contributed by atoms with van der Waals surface area (Å²) in [5.41, 5.74) is 1.06. The minimum absolute atomic E-state index is 0.0346. The van der Waals surface area contributed by atoms with Crippen LogP contribution in [0.3, 0.4) is 0 Å². The molecule has 0 fully saturated rings. The van der Waals surface area contributed by atoms with Gasteiger partial charge in [0.15, 0.2) is 0 Å². The second-order valence-corrected chi connectivity index (χ2v) is 3.81.